The quantitative estimate of drug-likeness (QED) is 0.805. The number of carbonyl (C=O) groups excluding carboxylic acids is 1. The van der Waals surface area contributed by atoms with Gasteiger partial charge in [-0.2, -0.15) is 0 Å². The topological polar surface area (TPSA) is 40.5 Å². The number of hydrogen-bond donors (Lipinski definition) is 1. The zero-order valence-electron chi connectivity index (χ0n) is 10.2. The van der Waals surface area contributed by atoms with Crippen molar-refractivity contribution in [2.75, 3.05) is 19.0 Å². The number of rotatable bonds is 2. The lowest BCUT2D eigenvalue weighted by atomic mass is 10.0. The lowest BCUT2D eigenvalue weighted by Crippen LogP contribution is -2.08. The van der Waals surface area contributed by atoms with E-state index in [1.165, 1.54) is 13.0 Å². The van der Waals surface area contributed by atoms with Gasteiger partial charge in [-0.25, -0.2) is 0 Å². The van der Waals surface area contributed by atoms with Gasteiger partial charge in [-0.15, -0.1) is 0 Å². The second-order valence-corrected chi connectivity index (χ2v) is 4.35. The molecule has 1 N–H and O–H groups in total. The summed E-state index contributed by atoms with van der Waals surface area (Å²) in [5, 5.41) is 11.6. The Morgan fingerprint density at radius 3 is 2.47 bits per heavy atom. The molecular weight excluding hydrogens is 214 g/mol. The van der Waals surface area contributed by atoms with E-state index in [-0.39, 0.29) is 11.5 Å². The number of benzene rings is 2. The Balaban J connectivity index is 2.68. The molecule has 0 spiro atoms. The Kier molecular flexibility index (Phi) is 2.76. The summed E-state index contributed by atoms with van der Waals surface area (Å²) in [6.07, 6.45) is 0. The molecule has 0 heterocycles. The Morgan fingerprint density at radius 2 is 1.88 bits per heavy atom. The van der Waals surface area contributed by atoms with E-state index < -0.39 is 0 Å². The van der Waals surface area contributed by atoms with Gasteiger partial charge in [-0.1, -0.05) is 6.07 Å². The maximum Gasteiger partial charge on any atom is 0.159 e. The lowest BCUT2D eigenvalue weighted by Gasteiger charge is -2.13. The van der Waals surface area contributed by atoms with Gasteiger partial charge in [0.25, 0.3) is 0 Å². The first-order valence-electron chi connectivity index (χ1n) is 5.44. The van der Waals surface area contributed by atoms with E-state index in [0.717, 1.165) is 16.5 Å². The van der Waals surface area contributed by atoms with Gasteiger partial charge < -0.3 is 10.0 Å². The maximum absolute atomic E-state index is 11.3. The minimum Gasteiger partial charge on any atom is -0.507 e. The predicted molar refractivity (Wildman–Crippen MR) is 69.9 cm³/mol. The second kappa shape index (κ2) is 4.09. The van der Waals surface area contributed by atoms with E-state index in [4.69, 9.17) is 0 Å². The van der Waals surface area contributed by atoms with Crippen molar-refractivity contribution in [1.29, 1.82) is 0 Å². The highest BCUT2D eigenvalue weighted by molar-refractivity contribution is 6.01. The fourth-order valence-corrected chi connectivity index (χ4v) is 1.81. The van der Waals surface area contributed by atoms with E-state index in [2.05, 4.69) is 0 Å². The molecule has 2 aromatic carbocycles. The molecule has 17 heavy (non-hydrogen) atoms. The summed E-state index contributed by atoms with van der Waals surface area (Å²) in [4.78, 5) is 13.3. The van der Waals surface area contributed by atoms with Crippen LogP contribution in [-0.4, -0.2) is 25.0 Å². The van der Waals surface area contributed by atoms with Crippen LogP contribution >= 0.6 is 0 Å². The lowest BCUT2D eigenvalue weighted by molar-refractivity contribution is 0.101. The van der Waals surface area contributed by atoms with E-state index in [1.807, 2.05) is 37.2 Å². The molecule has 0 unspecified atom stereocenters. The summed E-state index contributed by atoms with van der Waals surface area (Å²) in [6, 6.07) is 9.11. The molecule has 0 amide bonds. The molecule has 0 fully saturated rings. The largest absolute Gasteiger partial charge is 0.507 e. The van der Waals surface area contributed by atoms with Crippen LogP contribution in [0.4, 0.5) is 5.69 Å². The molecule has 0 aliphatic carbocycles. The molecule has 0 aliphatic rings. The average molecular weight is 229 g/mol. The summed E-state index contributed by atoms with van der Waals surface area (Å²) in [6.45, 7) is 1.49. The number of Topliss-reactive ketones (excluding diaryl/α,β-unsaturated/α-hetero) is 1. The summed E-state index contributed by atoms with van der Waals surface area (Å²) in [5.41, 5.74) is 1.55. The molecule has 0 saturated heterocycles. The van der Waals surface area contributed by atoms with Crippen molar-refractivity contribution in [3.8, 4) is 5.75 Å². The molecule has 0 saturated carbocycles. The molecule has 0 radical (unpaired) electrons. The zero-order chi connectivity index (χ0) is 12.6. The summed E-state index contributed by atoms with van der Waals surface area (Å²) < 4.78 is 0. The molecule has 3 heteroatoms. The third-order valence-electron chi connectivity index (χ3n) is 2.84. The summed E-state index contributed by atoms with van der Waals surface area (Å²) >= 11 is 0. The normalized spacial score (nSPS) is 10.5. The van der Waals surface area contributed by atoms with Crippen LogP contribution in [0.25, 0.3) is 10.8 Å². The van der Waals surface area contributed by atoms with Gasteiger partial charge in [0.05, 0.1) is 0 Å². The van der Waals surface area contributed by atoms with Crippen LogP contribution in [0.5, 0.6) is 5.75 Å². The highest BCUT2D eigenvalue weighted by Crippen LogP contribution is 2.30. The molecule has 2 aromatic rings. The van der Waals surface area contributed by atoms with Crippen molar-refractivity contribution in [2.24, 2.45) is 0 Å². The third-order valence-corrected chi connectivity index (χ3v) is 2.84. The third kappa shape index (κ3) is 2.09. The number of phenolic OH excluding ortho intramolecular Hbond substituents is 1. The van der Waals surface area contributed by atoms with Gasteiger partial charge in [0.2, 0.25) is 0 Å². The molecular formula is C14H15NO2. The van der Waals surface area contributed by atoms with Gasteiger partial charge in [0.1, 0.15) is 5.75 Å². The Bertz CT molecular complexity index is 588. The van der Waals surface area contributed by atoms with Gasteiger partial charge in [-0.3, -0.25) is 4.79 Å². The maximum atomic E-state index is 11.3. The Labute approximate surface area is 100 Å². The van der Waals surface area contributed by atoms with Crippen LogP contribution in [0.3, 0.4) is 0 Å². The van der Waals surface area contributed by atoms with Gasteiger partial charge in [0, 0.05) is 30.7 Å². The molecule has 88 valence electrons. The van der Waals surface area contributed by atoms with Crippen molar-refractivity contribution >= 4 is 22.2 Å². The first kappa shape index (κ1) is 11.5. The van der Waals surface area contributed by atoms with Crippen LogP contribution in [0.15, 0.2) is 30.3 Å². The van der Waals surface area contributed by atoms with Gasteiger partial charge in [-0.05, 0) is 36.6 Å². The van der Waals surface area contributed by atoms with E-state index in [1.54, 1.807) is 6.07 Å². The van der Waals surface area contributed by atoms with E-state index in [0.29, 0.717) is 5.56 Å². The first-order chi connectivity index (χ1) is 7.99. The molecule has 3 nitrogen and oxygen atoms in total. The minimum atomic E-state index is -0.0427. The monoisotopic (exact) mass is 229 g/mol. The van der Waals surface area contributed by atoms with E-state index >= 15 is 0 Å². The zero-order valence-corrected chi connectivity index (χ0v) is 10.2. The fourth-order valence-electron chi connectivity index (χ4n) is 1.81. The van der Waals surface area contributed by atoms with Crippen molar-refractivity contribution in [1.82, 2.24) is 0 Å². The predicted octanol–water partition coefficient (Wildman–Crippen LogP) is 2.81. The summed E-state index contributed by atoms with van der Waals surface area (Å²) in [5.74, 6) is 0.107. The number of ketones is 1. The Hall–Kier alpha value is -2.03. The Morgan fingerprint density at radius 1 is 1.18 bits per heavy atom. The molecule has 0 aliphatic heterocycles. The van der Waals surface area contributed by atoms with Crippen molar-refractivity contribution in [3.05, 3.63) is 35.9 Å². The first-order valence-corrected chi connectivity index (χ1v) is 5.44. The molecule has 0 bridgehead atoms. The minimum absolute atomic E-state index is 0.0427. The second-order valence-electron chi connectivity index (χ2n) is 4.35. The number of fused-ring (bicyclic) bond motifs is 1. The van der Waals surface area contributed by atoms with Crippen LogP contribution in [-0.2, 0) is 0 Å². The molecule has 2 rings (SSSR count). The number of carbonyl (C=O) groups is 1. The number of phenols is 1. The van der Waals surface area contributed by atoms with Crippen molar-refractivity contribution in [3.63, 3.8) is 0 Å². The van der Waals surface area contributed by atoms with Crippen molar-refractivity contribution < 1.29 is 9.90 Å². The highest BCUT2D eigenvalue weighted by Gasteiger charge is 2.07. The smallest absolute Gasteiger partial charge is 0.159 e. The number of anilines is 1. The number of nitrogens with zero attached hydrogens (tertiary/aromatic N) is 1. The van der Waals surface area contributed by atoms with Gasteiger partial charge >= 0.3 is 0 Å². The average Bonchev–Trinajstić information content (AvgIpc) is 2.28. The fraction of sp³-hybridized carbons (Fsp3) is 0.214. The summed E-state index contributed by atoms with van der Waals surface area (Å²) in [7, 11) is 3.89. The van der Waals surface area contributed by atoms with Crippen LogP contribution < -0.4 is 4.90 Å². The highest BCUT2D eigenvalue weighted by atomic mass is 16.3. The van der Waals surface area contributed by atoms with Gasteiger partial charge in [0.15, 0.2) is 5.78 Å². The van der Waals surface area contributed by atoms with Crippen LogP contribution in [0.2, 0.25) is 0 Å². The van der Waals surface area contributed by atoms with Crippen LogP contribution in [0, 0.1) is 0 Å². The number of aromatic hydroxyl groups is 1. The standard InChI is InChI=1S/C14H15NO2/c1-9(16)11-6-10-4-5-12(15(2)3)8-13(10)14(17)7-11/h4-8,17H,1-3H3. The van der Waals surface area contributed by atoms with Crippen LogP contribution in [0.1, 0.15) is 17.3 Å². The SMILES string of the molecule is CC(=O)c1cc(O)c2cc(N(C)C)ccc2c1. The van der Waals surface area contributed by atoms with E-state index in [9.17, 15) is 9.90 Å². The molecule has 0 atom stereocenters. The number of hydrogen-bond acceptors (Lipinski definition) is 3. The van der Waals surface area contributed by atoms with Crippen molar-refractivity contribution in [2.45, 2.75) is 6.92 Å². The molecule has 0 aromatic heterocycles.